The predicted octanol–water partition coefficient (Wildman–Crippen LogP) is 4.98. The van der Waals surface area contributed by atoms with Crippen molar-refractivity contribution in [2.24, 2.45) is 11.1 Å². The van der Waals surface area contributed by atoms with E-state index in [0.29, 0.717) is 19.3 Å². The molecule has 2 aromatic carbocycles. The average Bonchev–Trinajstić information content (AvgIpc) is 2.90. The number of aryl methyl sites for hydroxylation is 2. The SMILES string of the molecule is CO[n+]1ccc(C(CC(c2ccc(N3CCC(C(=O)O)CC3)cc2)c2ccccc2C)N=O)cc1C. The largest absolute Gasteiger partial charge is 0.481 e. The van der Waals surface area contributed by atoms with Crippen LogP contribution in [-0.4, -0.2) is 31.3 Å². The Hall–Kier alpha value is -3.74. The van der Waals surface area contributed by atoms with Crippen LogP contribution < -0.4 is 14.5 Å². The Morgan fingerprint density at radius 3 is 2.36 bits per heavy atom. The summed E-state index contributed by atoms with van der Waals surface area (Å²) in [5.74, 6) is -0.954. The van der Waals surface area contributed by atoms with Crippen molar-refractivity contribution in [1.82, 2.24) is 0 Å². The monoisotopic (exact) mass is 488 g/mol. The van der Waals surface area contributed by atoms with E-state index in [2.05, 4.69) is 53.4 Å². The highest BCUT2D eigenvalue weighted by Crippen LogP contribution is 2.38. The number of piperidine rings is 1. The lowest BCUT2D eigenvalue weighted by Crippen LogP contribution is -2.43. The molecule has 1 aliphatic heterocycles. The highest BCUT2D eigenvalue weighted by atomic mass is 16.6. The fraction of sp³-hybridized carbons (Fsp3) is 0.379. The van der Waals surface area contributed by atoms with Crippen LogP contribution in [0.2, 0.25) is 0 Å². The number of nitroso groups, excluding NO2 is 1. The number of hydrogen-bond donors (Lipinski definition) is 1. The first-order chi connectivity index (χ1) is 17.4. The van der Waals surface area contributed by atoms with Crippen molar-refractivity contribution in [1.29, 1.82) is 0 Å². The van der Waals surface area contributed by atoms with Crippen molar-refractivity contribution < 1.29 is 19.5 Å². The number of aliphatic carboxylic acids is 1. The fourth-order valence-electron chi connectivity index (χ4n) is 5.22. The molecule has 36 heavy (non-hydrogen) atoms. The molecule has 1 N–H and O–H groups in total. The van der Waals surface area contributed by atoms with Crippen LogP contribution in [0.4, 0.5) is 5.69 Å². The zero-order valence-electron chi connectivity index (χ0n) is 21.1. The molecule has 1 fully saturated rings. The first-order valence-electron chi connectivity index (χ1n) is 12.4. The molecule has 4 rings (SSSR count). The van der Waals surface area contributed by atoms with E-state index in [-0.39, 0.29) is 11.8 Å². The average molecular weight is 489 g/mol. The summed E-state index contributed by atoms with van der Waals surface area (Å²) in [6.07, 6.45) is 3.69. The van der Waals surface area contributed by atoms with E-state index in [9.17, 15) is 14.8 Å². The fourth-order valence-corrected chi connectivity index (χ4v) is 5.22. The number of carboxylic acids is 1. The molecule has 188 valence electrons. The zero-order valence-corrected chi connectivity index (χ0v) is 21.1. The van der Waals surface area contributed by atoms with Gasteiger partial charge in [-0.1, -0.05) is 41.6 Å². The summed E-state index contributed by atoms with van der Waals surface area (Å²) in [6, 6.07) is 20.1. The lowest BCUT2D eigenvalue weighted by molar-refractivity contribution is -0.889. The third kappa shape index (κ3) is 5.56. The molecule has 1 saturated heterocycles. The molecule has 2 unspecified atom stereocenters. The van der Waals surface area contributed by atoms with Gasteiger partial charge < -0.3 is 10.0 Å². The van der Waals surface area contributed by atoms with Gasteiger partial charge in [0.1, 0.15) is 13.2 Å². The first kappa shape index (κ1) is 25.4. The van der Waals surface area contributed by atoms with Crippen LogP contribution in [0.15, 0.2) is 72.0 Å². The minimum atomic E-state index is -0.699. The van der Waals surface area contributed by atoms with Crippen LogP contribution in [0, 0.1) is 24.7 Å². The van der Waals surface area contributed by atoms with Crippen LogP contribution >= 0.6 is 0 Å². The van der Waals surface area contributed by atoms with Crippen molar-refractivity contribution in [2.45, 2.75) is 45.1 Å². The lowest BCUT2D eigenvalue weighted by atomic mass is 9.82. The molecule has 1 aromatic heterocycles. The topological polar surface area (TPSA) is 83.1 Å². The van der Waals surface area contributed by atoms with Crippen molar-refractivity contribution in [3.63, 3.8) is 0 Å². The number of hydrogen-bond acceptors (Lipinski definition) is 5. The molecular weight excluding hydrogens is 454 g/mol. The number of carbonyl (C=O) groups is 1. The standard InChI is InChI=1S/C29H33N3O4/c1-20-6-4-5-7-26(20)27(19-28(30-35)24-14-17-32(36-3)21(2)18-24)22-8-10-25(11-9-22)31-15-12-23(13-16-31)29(33)34/h4-11,14,17-18,23,27-28H,12-13,15-16,19H2,1-3H3/p+1. The van der Waals surface area contributed by atoms with Crippen molar-refractivity contribution in [3.8, 4) is 0 Å². The van der Waals surface area contributed by atoms with Gasteiger partial charge in [0.05, 0.1) is 5.92 Å². The van der Waals surface area contributed by atoms with Crippen molar-refractivity contribution >= 4 is 11.7 Å². The maximum Gasteiger partial charge on any atom is 0.306 e. The van der Waals surface area contributed by atoms with Gasteiger partial charge in [-0.05, 0) is 60.6 Å². The third-order valence-electron chi connectivity index (χ3n) is 7.36. The molecule has 0 radical (unpaired) electrons. The minimum Gasteiger partial charge on any atom is -0.481 e. The molecule has 2 atom stereocenters. The highest BCUT2D eigenvalue weighted by molar-refractivity contribution is 5.70. The summed E-state index contributed by atoms with van der Waals surface area (Å²) in [4.78, 5) is 30.9. The Morgan fingerprint density at radius 2 is 1.78 bits per heavy atom. The van der Waals surface area contributed by atoms with E-state index in [1.54, 1.807) is 11.8 Å². The van der Waals surface area contributed by atoms with Gasteiger partial charge in [-0.25, -0.2) is 0 Å². The molecular formula is C29H34N3O4+. The van der Waals surface area contributed by atoms with Gasteiger partial charge in [-0.3, -0.25) is 9.63 Å². The van der Waals surface area contributed by atoms with Gasteiger partial charge in [0.2, 0.25) is 11.9 Å². The van der Waals surface area contributed by atoms with E-state index in [4.69, 9.17) is 4.84 Å². The molecule has 0 bridgehead atoms. The Kier molecular flexibility index (Phi) is 7.98. The molecule has 0 saturated carbocycles. The molecule has 2 heterocycles. The quantitative estimate of drug-likeness (QED) is 0.339. The number of aromatic nitrogens is 1. The van der Waals surface area contributed by atoms with Gasteiger partial charge in [0.15, 0.2) is 0 Å². The van der Waals surface area contributed by atoms with E-state index in [1.165, 1.54) is 11.1 Å². The second-order valence-electron chi connectivity index (χ2n) is 9.57. The van der Waals surface area contributed by atoms with E-state index < -0.39 is 12.0 Å². The maximum absolute atomic E-state index is 12.1. The van der Waals surface area contributed by atoms with E-state index in [1.807, 2.05) is 37.4 Å². The Balaban J connectivity index is 1.61. The van der Waals surface area contributed by atoms with Gasteiger partial charge >= 0.3 is 5.97 Å². The molecule has 7 nitrogen and oxygen atoms in total. The Bertz CT molecular complexity index is 1200. The zero-order chi connectivity index (χ0) is 25.7. The van der Waals surface area contributed by atoms with Gasteiger partial charge in [-0.2, -0.15) is 4.91 Å². The second-order valence-corrected chi connectivity index (χ2v) is 9.57. The number of carboxylic acid groups (broad SMARTS) is 1. The number of pyridine rings is 1. The third-order valence-corrected chi connectivity index (χ3v) is 7.36. The van der Waals surface area contributed by atoms with E-state index >= 15 is 0 Å². The van der Waals surface area contributed by atoms with Crippen LogP contribution in [-0.2, 0) is 4.79 Å². The summed E-state index contributed by atoms with van der Waals surface area (Å²) in [6.45, 7) is 5.51. The van der Waals surface area contributed by atoms with Crippen LogP contribution in [0.25, 0.3) is 0 Å². The summed E-state index contributed by atoms with van der Waals surface area (Å²) in [5, 5.41) is 12.8. The smallest absolute Gasteiger partial charge is 0.306 e. The lowest BCUT2D eigenvalue weighted by Gasteiger charge is -2.32. The number of anilines is 1. The summed E-state index contributed by atoms with van der Waals surface area (Å²) in [7, 11) is 1.61. The number of nitrogens with zero attached hydrogens (tertiary/aromatic N) is 3. The Labute approximate surface area is 212 Å². The molecule has 0 spiro atoms. The maximum atomic E-state index is 12.1. The highest BCUT2D eigenvalue weighted by Gasteiger charge is 2.27. The van der Waals surface area contributed by atoms with Crippen LogP contribution in [0.5, 0.6) is 0 Å². The van der Waals surface area contributed by atoms with Crippen LogP contribution in [0.1, 0.15) is 59.2 Å². The van der Waals surface area contributed by atoms with Gasteiger partial charge in [0, 0.05) is 48.5 Å². The molecule has 0 aliphatic carbocycles. The number of rotatable bonds is 9. The number of benzene rings is 2. The van der Waals surface area contributed by atoms with Gasteiger partial charge in [0.25, 0.3) is 0 Å². The van der Waals surface area contributed by atoms with E-state index in [0.717, 1.165) is 35.6 Å². The normalized spacial score (nSPS) is 15.8. The summed E-state index contributed by atoms with van der Waals surface area (Å²) < 4.78 is 1.65. The van der Waals surface area contributed by atoms with Crippen molar-refractivity contribution in [2.75, 3.05) is 25.1 Å². The minimum absolute atomic E-state index is 0.00393. The van der Waals surface area contributed by atoms with Crippen LogP contribution in [0.3, 0.4) is 0 Å². The second kappa shape index (κ2) is 11.3. The molecule has 1 aliphatic rings. The molecule has 3 aromatic rings. The Morgan fingerprint density at radius 1 is 1.08 bits per heavy atom. The first-order valence-corrected chi connectivity index (χ1v) is 12.4. The van der Waals surface area contributed by atoms with Gasteiger partial charge in [-0.15, -0.1) is 0 Å². The summed E-state index contributed by atoms with van der Waals surface area (Å²) >= 11 is 0. The molecule has 0 amide bonds. The predicted molar refractivity (Wildman–Crippen MR) is 139 cm³/mol. The van der Waals surface area contributed by atoms with Crippen molar-refractivity contribution in [3.05, 3.63) is 99.7 Å². The molecule has 7 heteroatoms. The summed E-state index contributed by atoms with van der Waals surface area (Å²) in [5.41, 5.74) is 6.34.